The van der Waals surface area contributed by atoms with Crippen LogP contribution in [0, 0.1) is 12.3 Å². The third kappa shape index (κ3) is 4.29. The topological polar surface area (TPSA) is 54.0 Å². The number of alkyl halides is 3. The molecule has 1 fully saturated rings. The molecule has 0 atom stereocenters. The van der Waals surface area contributed by atoms with E-state index in [9.17, 15) is 18.0 Å². The van der Waals surface area contributed by atoms with E-state index in [4.69, 9.17) is 0 Å². The fourth-order valence-electron chi connectivity index (χ4n) is 3.05. The van der Waals surface area contributed by atoms with Crippen LogP contribution in [0.15, 0.2) is 12.1 Å². The molecule has 4 nitrogen and oxygen atoms in total. The van der Waals surface area contributed by atoms with Gasteiger partial charge < -0.3 is 10.6 Å². The molecule has 2 N–H and O–H groups in total. The Labute approximate surface area is 160 Å². The number of carbonyl (C=O) groups is 1. The largest absolute Gasteiger partial charge is 0.433 e. The Balaban J connectivity index is 0.00000243. The molecule has 1 aliphatic rings. The van der Waals surface area contributed by atoms with E-state index in [1.54, 1.807) is 6.92 Å². The molecule has 3 heterocycles. The van der Waals surface area contributed by atoms with Crippen LogP contribution in [0.5, 0.6) is 0 Å². The van der Waals surface area contributed by atoms with E-state index >= 15 is 0 Å². The summed E-state index contributed by atoms with van der Waals surface area (Å²) in [5.41, 5.74) is -0.211. The summed E-state index contributed by atoms with van der Waals surface area (Å²) in [6.45, 7) is 6.30. The van der Waals surface area contributed by atoms with Crippen LogP contribution in [0.4, 0.5) is 13.2 Å². The van der Waals surface area contributed by atoms with Crippen molar-refractivity contribution in [2.24, 2.45) is 5.41 Å². The Morgan fingerprint density at radius 3 is 2.62 bits per heavy atom. The predicted molar refractivity (Wildman–Crippen MR) is 99.2 cm³/mol. The van der Waals surface area contributed by atoms with Gasteiger partial charge in [-0.1, -0.05) is 6.92 Å². The number of piperidine rings is 1. The maximum atomic E-state index is 12.8. The van der Waals surface area contributed by atoms with Crippen LogP contribution in [0.25, 0.3) is 10.2 Å². The monoisotopic (exact) mass is 407 g/mol. The van der Waals surface area contributed by atoms with Crippen LogP contribution in [0.1, 0.15) is 40.7 Å². The third-order valence-electron chi connectivity index (χ3n) is 4.79. The number of halogens is 4. The number of hydrogen-bond acceptors (Lipinski definition) is 4. The molecule has 0 aromatic carbocycles. The average molecular weight is 408 g/mol. The summed E-state index contributed by atoms with van der Waals surface area (Å²) < 4.78 is 38.4. The molecule has 1 aliphatic heterocycles. The van der Waals surface area contributed by atoms with Crippen molar-refractivity contribution in [3.05, 3.63) is 28.3 Å². The first-order valence-corrected chi connectivity index (χ1v) is 8.98. The minimum atomic E-state index is -4.49. The number of carbonyl (C=O) groups excluding carboxylic acids is 1. The van der Waals surface area contributed by atoms with E-state index in [1.807, 2.05) is 0 Å². The molecule has 0 bridgehead atoms. The van der Waals surface area contributed by atoms with Crippen molar-refractivity contribution in [1.29, 1.82) is 0 Å². The number of aromatic nitrogens is 1. The number of amides is 1. The number of hydrogen-bond donors (Lipinski definition) is 2. The van der Waals surface area contributed by atoms with Gasteiger partial charge in [0.05, 0.1) is 4.88 Å². The second-order valence-corrected chi connectivity index (χ2v) is 7.85. The Hall–Kier alpha value is -1.38. The Kier molecular flexibility index (Phi) is 6.20. The summed E-state index contributed by atoms with van der Waals surface area (Å²) in [6.07, 6.45) is -2.53. The highest BCUT2D eigenvalue weighted by Crippen LogP contribution is 2.34. The molecule has 1 saturated heterocycles. The zero-order valence-corrected chi connectivity index (χ0v) is 16.1. The van der Waals surface area contributed by atoms with Gasteiger partial charge in [-0.05, 0) is 56.0 Å². The van der Waals surface area contributed by atoms with Crippen LogP contribution in [0.3, 0.4) is 0 Å². The Morgan fingerprint density at radius 1 is 1.35 bits per heavy atom. The van der Waals surface area contributed by atoms with Crippen molar-refractivity contribution in [2.75, 3.05) is 19.6 Å². The molecule has 1 amide bonds. The van der Waals surface area contributed by atoms with Crippen molar-refractivity contribution in [3.8, 4) is 0 Å². The van der Waals surface area contributed by atoms with Gasteiger partial charge in [0.1, 0.15) is 10.5 Å². The molecule has 144 valence electrons. The number of aryl methyl sites for hydroxylation is 1. The highest BCUT2D eigenvalue weighted by molar-refractivity contribution is 7.20. The van der Waals surface area contributed by atoms with Gasteiger partial charge in [0, 0.05) is 11.9 Å². The summed E-state index contributed by atoms with van der Waals surface area (Å²) in [5.74, 6) is -0.242. The third-order valence-corrected chi connectivity index (χ3v) is 5.99. The first-order valence-electron chi connectivity index (χ1n) is 8.16. The minimum Gasteiger partial charge on any atom is -0.351 e. The molecular weight excluding hydrogens is 387 g/mol. The van der Waals surface area contributed by atoms with Crippen molar-refractivity contribution in [2.45, 2.75) is 32.9 Å². The van der Waals surface area contributed by atoms with Gasteiger partial charge in [-0.15, -0.1) is 23.7 Å². The summed E-state index contributed by atoms with van der Waals surface area (Å²) >= 11 is 1.01. The van der Waals surface area contributed by atoms with Gasteiger partial charge in [-0.2, -0.15) is 13.2 Å². The summed E-state index contributed by atoms with van der Waals surface area (Å²) in [5, 5.41) is 6.84. The van der Waals surface area contributed by atoms with E-state index in [-0.39, 0.29) is 28.6 Å². The zero-order chi connectivity index (χ0) is 18.2. The fraction of sp³-hybridized carbons (Fsp3) is 0.529. The molecule has 0 aliphatic carbocycles. The second kappa shape index (κ2) is 7.70. The van der Waals surface area contributed by atoms with Crippen LogP contribution in [0.2, 0.25) is 0 Å². The van der Waals surface area contributed by atoms with Gasteiger partial charge in [0.25, 0.3) is 5.91 Å². The van der Waals surface area contributed by atoms with E-state index in [2.05, 4.69) is 22.5 Å². The lowest BCUT2D eigenvalue weighted by atomic mass is 9.81. The van der Waals surface area contributed by atoms with E-state index < -0.39 is 11.9 Å². The number of nitrogens with zero attached hydrogens (tertiary/aromatic N) is 1. The van der Waals surface area contributed by atoms with E-state index in [0.717, 1.165) is 43.3 Å². The maximum Gasteiger partial charge on any atom is 0.433 e. The molecular formula is C17H21ClF3N3OS. The standard InChI is InChI=1S/C17H20F3N3OS.ClH/c1-10-11-3-4-12(17(18,19)20)23-15(11)25-13(10)14(24)22-9-16(2)5-7-21-8-6-16;/h3-4,21H,5-9H2,1-2H3,(H,22,24);1H. The fourth-order valence-corrected chi connectivity index (χ4v) is 4.15. The highest BCUT2D eigenvalue weighted by Gasteiger charge is 2.33. The van der Waals surface area contributed by atoms with Gasteiger partial charge >= 0.3 is 6.18 Å². The molecule has 3 rings (SSSR count). The smallest absolute Gasteiger partial charge is 0.351 e. The number of rotatable bonds is 3. The molecule has 2 aromatic heterocycles. The molecule has 2 aromatic rings. The zero-order valence-electron chi connectivity index (χ0n) is 14.5. The van der Waals surface area contributed by atoms with Gasteiger partial charge in [-0.25, -0.2) is 4.98 Å². The van der Waals surface area contributed by atoms with Gasteiger partial charge in [0.15, 0.2) is 0 Å². The summed E-state index contributed by atoms with van der Waals surface area (Å²) in [4.78, 5) is 16.9. The van der Waals surface area contributed by atoms with Crippen molar-refractivity contribution < 1.29 is 18.0 Å². The molecule has 0 saturated carbocycles. The number of fused-ring (bicyclic) bond motifs is 1. The number of pyridine rings is 1. The number of nitrogens with one attached hydrogen (secondary N) is 2. The highest BCUT2D eigenvalue weighted by atomic mass is 35.5. The van der Waals surface area contributed by atoms with E-state index in [0.29, 0.717) is 22.4 Å². The van der Waals surface area contributed by atoms with Gasteiger partial charge in [0.2, 0.25) is 0 Å². The van der Waals surface area contributed by atoms with Crippen LogP contribution in [-0.2, 0) is 6.18 Å². The normalized spacial score (nSPS) is 17.0. The molecule has 0 spiro atoms. The lowest BCUT2D eigenvalue weighted by Crippen LogP contribution is -2.42. The quantitative estimate of drug-likeness (QED) is 0.803. The molecule has 0 radical (unpaired) electrons. The average Bonchev–Trinajstić information content (AvgIpc) is 2.89. The molecule has 0 unspecified atom stereocenters. The van der Waals surface area contributed by atoms with Crippen LogP contribution in [-0.4, -0.2) is 30.5 Å². The molecule has 26 heavy (non-hydrogen) atoms. The van der Waals surface area contributed by atoms with Crippen LogP contribution >= 0.6 is 23.7 Å². The van der Waals surface area contributed by atoms with Gasteiger partial charge in [-0.3, -0.25) is 4.79 Å². The minimum absolute atomic E-state index is 0. The number of thiophene rings is 1. The molecule has 9 heteroatoms. The van der Waals surface area contributed by atoms with Crippen molar-refractivity contribution in [1.82, 2.24) is 15.6 Å². The van der Waals surface area contributed by atoms with Crippen molar-refractivity contribution >= 4 is 39.9 Å². The summed E-state index contributed by atoms with van der Waals surface area (Å²) in [6, 6.07) is 2.35. The summed E-state index contributed by atoms with van der Waals surface area (Å²) in [7, 11) is 0. The van der Waals surface area contributed by atoms with Crippen molar-refractivity contribution in [3.63, 3.8) is 0 Å². The maximum absolute atomic E-state index is 12.8. The first kappa shape index (κ1) is 20.9. The Bertz CT molecular complexity index is 800. The lowest BCUT2D eigenvalue weighted by Gasteiger charge is -2.34. The second-order valence-electron chi connectivity index (χ2n) is 6.85. The Morgan fingerprint density at radius 2 is 2.00 bits per heavy atom. The van der Waals surface area contributed by atoms with E-state index in [1.165, 1.54) is 6.07 Å². The first-order chi connectivity index (χ1) is 11.7. The SMILES string of the molecule is Cc1c(C(=O)NCC2(C)CCNCC2)sc2nc(C(F)(F)F)ccc12.Cl. The predicted octanol–water partition coefficient (Wildman–Crippen LogP) is 4.16. The lowest BCUT2D eigenvalue weighted by molar-refractivity contribution is -0.140. The van der Waals surface area contributed by atoms with Crippen LogP contribution < -0.4 is 10.6 Å².